The van der Waals surface area contributed by atoms with E-state index >= 15 is 0 Å². The molecule has 0 bridgehead atoms. The van der Waals surface area contributed by atoms with Gasteiger partial charge in [0.25, 0.3) is 0 Å². The van der Waals surface area contributed by atoms with Gasteiger partial charge in [-0.3, -0.25) is 4.98 Å². The molecule has 1 aliphatic rings. The molecule has 1 fully saturated rings. The van der Waals surface area contributed by atoms with Crippen LogP contribution in [0.25, 0.3) is 5.69 Å². The zero-order chi connectivity index (χ0) is 17.4. The smallest absolute Gasteiger partial charge is 0.169 e. The standard InChI is InChI=1S/C20H20N4S/c1-14-11-12-17(24(14)15-8-4-3-5-9-15)19-18(22-20(25)23(19)2)16-10-6-7-13-21-16/h3-13,18-19H,1-2H3,(H,22,25)/t18-,19-/m1/s1. The van der Waals surface area contributed by atoms with Crippen LogP contribution in [0.5, 0.6) is 0 Å². The van der Waals surface area contributed by atoms with Crippen molar-refractivity contribution in [3.63, 3.8) is 0 Å². The second-order valence-electron chi connectivity index (χ2n) is 6.31. The third-order valence-electron chi connectivity index (χ3n) is 4.76. The predicted molar refractivity (Wildman–Crippen MR) is 104 cm³/mol. The van der Waals surface area contributed by atoms with Gasteiger partial charge in [-0.1, -0.05) is 24.3 Å². The van der Waals surface area contributed by atoms with E-state index in [1.54, 1.807) is 0 Å². The topological polar surface area (TPSA) is 33.1 Å². The molecule has 0 spiro atoms. The van der Waals surface area contributed by atoms with E-state index in [2.05, 4.69) is 69.2 Å². The van der Waals surface area contributed by atoms with Gasteiger partial charge in [-0.2, -0.15) is 0 Å². The van der Waals surface area contributed by atoms with Gasteiger partial charge in [0, 0.05) is 30.3 Å². The van der Waals surface area contributed by atoms with Gasteiger partial charge in [0.15, 0.2) is 5.11 Å². The summed E-state index contributed by atoms with van der Waals surface area (Å²) in [5.41, 5.74) is 4.56. The lowest BCUT2D eigenvalue weighted by molar-refractivity contribution is 0.356. The highest BCUT2D eigenvalue weighted by Crippen LogP contribution is 2.39. The van der Waals surface area contributed by atoms with Crippen molar-refractivity contribution < 1.29 is 0 Å². The van der Waals surface area contributed by atoms with Gasteiger partial charge < -0.3 is 14.8 Å². The van der Waals surface area contributed by atoms with E-state index in [-0.39, 0.29) is 12.1 Å². The number of hydrogen-bond acceptors (Lipinski definition) is 2. The predicted octanol–water partition coefficient (Wildman–Crippen LogP) is 3.78. The molecule has 1 N–H and O–H groups in total. The van der Waals surface area contributed by atoms with Crippen LogP contribution >= 0.6 is 12.2 Å². The van der Waals surface area contributed by atoms with Crippen LogP contribution in [-0.2, 0) is 0 Å². The molecular formula is C20H20N4S. The van der Waals surface area contributed by atoms with Gasteiger partial charge in [0.1, 0.15) is 0 Å². The molecule has 0 amide bonds. The molecule has 3 aromatic rings. The molecule has 25 heavy (non-hydrogen) atoms. The fourth-order valence-electron chi connectivity index (χ4n) is 3.55. The van der Waals surface area contributed by atoms with E-state index in [4.69, 9.17) is 12.2 Å². The van der Waals surface area contributed by atoms with Crippen LogP contribution in [0.2, 0.25) is 0 Å². The molecule has 3 heterocycles. The van der Waals surface area contributed by atoms with Crippen LogP contribution < -0.4 is 5.32 Å². The van der Waals surface area contributed by atoms with E-state index in [1.807, 2.05) is 31.4 Å². The van der Waals surface area contributed by atoms with Crippen molar-refractivity contribution in [2.45, 2.75) is 19.0 Å². The molecule has 4 rings (SSSR count). The quantitative estimate of drug-likeness (QED) is 0.730. The summed E-state index contributed by atoms with van der Waals surface area (Å²) >= 11 is 5.54. The van der Waals surface area contributed by atoms with Crippen molar-refractivity contribution in [1.29, 1.82) is 0 Å². The highest BCUT2D eigenvalue weighted by atomic mass is 32.1. The Kier molecular flexibility index (Phi) is 4.01. The number of likely N-dealkylation sites (N-methyl/N-ethyl adjacent to an activating group) is 1. The number of aromatic nitrogens is 2. The average molecular weight is 348 g/mol. The Morgan fingerprint density at radius 1 is 1.00 bits per heavy atom. The molecule has 4 nitrogen and oxygen atoms in total. The Morgan fingerprint density at radius 2 is 1.76 bits per heavy atom. The van der Waals surface area contributed by atoms with E-state index in [1.165, 1.54) is 11.4 Å². The molecule has 2 aromatic heterocycles. The summed E-state index contributed by atoms with van der Waals surface area (Å²) in [7, 11) is 2.04. The molecule has 0 saturated carbocycles. The maximum Gasteiger partial charge on any atom is 0.169 e. The molecule has 0 unspecified atom stereocenters. The molecule has 0 radical (unpaired) electrons. The SMILES string of the molecule is Cc1ccc([C@@H]2[C@@H](c3ccccn3)NC(=S)N2C)n1-c1ccccc1. The molecule has 5 heteroatoms. The maximum atomic E-state index is 5.54. The fraction of sp³-hybridized carbons (Fsp3) is 0.200. The summed E-state index contributed by atoms with van der Waals surface area (Å²) in [6.45, 7) is 2.13. The van der Waals surface area contributed by atoms with Gasteiger partial charge in [0.05, 0.1) is 17.8 Å². The lowest BCUT2D eigenvalue weighted by Gasteiger charge is -2.26. The van der Waals surface area contributed by atoms with Crippen molar-refractivity contribution in [3.05, 3.63) is 83.9 Å². The van der Waals surface area contributed by atoms with Gasteiger partial charge >= 0.3 is 0 Å². The maximum absolute atomic E-state index is 5.54. The van der Waals surface area contributed by atoms with E-state index < -0.39 is 0 Å². The highest BCUT2D eigenvalue weighted by Gasteiger charge is 2.39. The molecule has 1 saturated heterocycles. The Bertz CT molecular complexity index is 889. The molecule has 1 aromatic carbocycles. The van der Waals surface area contributed by atoms with Crippen LogP contribution in [-0.4, -0.2) is 26.6 Å². The number of nitrogens with one attached hydrogen (secondary N) is 1. The molecular weight excluding hydrogens is 328 g/mol. The highest BCUT2D eigenvalue weighted by molar-refractivity contribution is 7.80. The summed E-state index contributed by atoms with van der Waals surface area (Å²) in [5, 5.41) is 4.19. The van der Waals surface area contributed by atoms with Crippen molar-refractivity contribution in [2.75, 3.05) is 7.05 Å². The number of aryl methyl sites for hydroxylation is 1. The number of benzene rings is 1. The number of para-hydroxylation sites is 1. The zero-order valence-electron chi connectivity index (χ0n) is 14.3. The van der Waals surface area contributed by atoms with E-state index in [0.29, 0.717) is 0 Å². The minimum Gasteiger partial charge on any atom is -0.352 e. The van der Waals surface area contributed by atoms with Gasteiger partial charge in [-0.25, -0.2) is 0 Å². The average Bonchev–Trinajstić information content (AvgIpc) is 3.16. The zero-order valence-corrected chi connectivity index (χ0v) is 15.1. The molecule has 2 atom stereocenters. The Hall–Kier alpha value is -2.66. The first-order valence-corrected chi connectivity index (χ1v) is 8.75. The van der Waals surface area contributed by atoms with Gasteiger partial charge in [-0.15, -0.1) is 0 Å². The monoisotopic (exact) mass is 348 g/mol. The van der Waals surface area contributed by atoms with E-state index in [0.717, 1.165) is 16.5 Å². The number of hydrogen-bond donors (Lipinski definition) is 1. The second kappa shape index (κ2) is 6.33. The summed E-state index contributed by atoms with van der Waals surface area (Å²) in [5.74, 6) is 0. The van der Waals surface area contributed by atoms with Crippen molar-refractivity contribution in [2.24, 2.45) is 0 Å². The van der Waals surface area contributed by atoms with Gasteiger partial charge in [0.2, 0.25) is 0 Å². The van der Waals surface area contributed by atoms with Crippen LogP contribution in [0.4, 0.5) is 0 Å². The fourth-order valence-corrected chi connectivity index (χ4v) is 3.79. The van der Waals surface area contributed by atoms with Gasteiger partial charge in [-0.05, 0) is 55.5 Å². The molecule has 126 valence electrons. The largest absolute Gasteiger partial charge is 0.352 e. The Labute approximate surface area is 153 Å². The van der Waals surface area contributed by atoms with Crippen molar-refractivity contribution >= 4 is 17.3 Å². The summed E-state index contributed by atoms with van der Waals surface area (Å²) in [6, 6.07) is 20.9. The first-order chi connectivity index (χ1) is 12.2. The Balaban J connectivity index is 1.84. The molecule has 0 aliphatic carbocycles. The number of rotatable bonds is 3. The van der Waals surface area contributed by atoms with Crippen LogP contribution in [0.15, 0.2) is 66.9 Å². The second-order valence-corrected chi connectivity index (χ2v) is 6.69. The summed E-state index contributed by atoms with van der Waals surface area (Å²) < 4.78 is 2.30. The Morgan fingerprint density at radius 3 is 2.48 bits per heavy atom. The third-order valence-corrected chi connectivity index (χ3v) is 5.17. The first kappa shape index (κ1) is 15.8. The normalized spacial score (nSPS) is 19.9. The van der Waals surface area contributed by atoms with E-state index in [9.17, 15) is 0 Å². The minimum absolute atomic E-state index is 0.0236. The van der Waals surface area contributed by atoms with Crippen molar-refractivity contribution in [1.82, 2.24) is 19.8 Å². The summed E-state index contributed by atoms with van der Waals surface area (Å²) in [4.78, 5) is 6.68. The van der Waals surface area contributed by atoms with Crippen LogP contribution in [0.1, 0.15) is 29.2 Å². The first-order valence-electron chi connectivity index (χ1n) is 8.35. The van der Waals surface area contributed by atoms with Crippen LogP contribution in [0.3, 0.4) is 0 Å². The third kappa shape index (κ3) is 2.70. The van der Waals surface area contributed by atoms with Crippen LogP contribution in [0, 0.1) is 6.92 Å². The minimum atomic E-state index is 0.0236. The lowest BCUT2D eigenvalue weighted by Crippen LogP contribution is -2.26. The number of thiocarbonyl (C=S) groups is 1. The van der Waals surface area contributed by atoms with Crippen molar-refractivity contribution in [3.8, 4) is 5.69 Å². The molecule has 1 aliphatic heterocycles. The number of nitrogens with zero attached hydrogens (tertiary/aromatic N) is 3. The number of pyridine rings is 1. The lowest BCUT2D eigenvalue weighted by atomic mass is 10.0. The summed E-state index contributed by atoms with van der Waals surface area (Å²) in [6.07, 6.45) is 1.83.